The molecule has 0 aliphatic heterocycles. The maximum atomic E-state index is 12.6. The molecule has 0 fully saturated rings. The second-order valence-electron chi connectivity index (χ2n) is 5.06. The maximum Gasteiger partial charge on any atom is 0.416 e. The van der Waals surface area contributed by atoms with Crippen molar-refractivity contribution in [2.75, 3.05) is 12.4 Å². The van der Waals surface area contributed by atoms with Gasteiger partial charge in [0.2, 0.25) is 0 Å². The molecule has 23 heavy (non-hydrogen) atoms. The van der Waals surface area contributed by atoms with Crippen molar-refractivity contribution in [3.63, 3.8) is 0 Å². The minimum Gasteiger partial charge on any atom is -0.467 e. The highest BCUT2D eigenvalue weighted by Gasteiger charge is 2.31. The van der Waals surface area contributed by atoms with Crippen LogP contribution >= 0.6 is 0 Å². The first-order chi connectivity index (χ1) is 10.7. The van der Waals surface area contributed by atoms with E-state index in [9.17, 15) is 22.8 Å². The first kappa shape index (κ1) is 18.8. The van der Waals surface area contributed by atoms with Crippen LogP contribution in [-0.2, 0) is 15.7 Å². The number of hydrogen-bond acceptors (Lipinski definition) is 3. The number of alkyl halides is 3. The number of ether oxygens (including phenoxy) is 1. The lowest BCUT2D eigenvalue weighted by Gasteiger charge is -2.22. The van der Waals surface area contributed by atoms with Gasteiger partial charge in [0, 0.05) is 5.69 Å². The summed E-state index contributed by atoms with van der Waals surface area (Å²) in [6.07, 6.45) is -3.89. The lowest BCUT2D eigenvalue weighted by atomic mass is 9.99. The summed E-state index contributed by atoms with van der Waals surface area (Å²) in [4.78, 5) is 23.6. The minimum absolute atomic E-state index is 0.0231. The largest absolute Gasteiger partial charge is 0.467 e. The molecule has 0 aromatic heterocycles. The highest BCUT2D eigenvalue weighted by Crippen LogP contribution is 2.30. The third-order valence-electron chi connectivity index (χ3n) is 3.40. The van der Waals surface area contributed by atoms with E-state index in [1.165, 1.54) is 19.2 Å². The van der Waals surface area contributed by atoms with Gasteiger partial charge in [-0.3, -0.25) is 0 Å². The molecule has 2 N–H and O–H groups in total. The van der Waals surface area contributed by atoms with Crippen LogP contribution in [0.3, 0.4) is 0 Å². The molecule has 1 aromatic carbocycles. The van der Waals surface area contributed by atoms with Crippen LogP contribution in [0.2, 0.25) is 0 Å². The van der Waals surface area contributed by atoms with Crippen LogP contribution in [0, 0.1) is 5.92 Å². The monoisotopic (exact) mass is 332 g/mol. The number of halogens is 3. The van der Waals surface area contributed by atoms with Gasteiger partial charge in [-0.2, -0.15) is 13.2 Å². The summed E-state index contributed by atoms with van der Waals surface area (Å²) < 4.78 is 42.5. The van der Waals surface area contributed by atoms with E-state index in [4.69, 9.17) is 0 Å². The van der Waals surface area contributed by atoms with Crippen LogP contribution in [-0.4, -0.2) is 25.2 Å². The molecule has 0 radical (unpaired) electrons. The Hall–Kier alpha value is -2.25. The topological polar surface area (TPSA) is 67.4 Å². The zero-order valence-corrected chi connectivity index (χ0v) is 13.0. The maximum absolute atomic E-state index is 12.6. The third kappa shape index (κ3) is 5.46. The van der Waals surface area contributed by atoms with E-state index in [0.29, 0.717) is 6.42 Å². The number of carbonyl (C=O) groups is 2. The first-order valence-corrected chi connectivity index (χ1v) is 7.01. The van der Waals surface area contributed by atoms with Crippen molar-refractivity contribution in [1.29, 1.82) is 0 Å². The Labute approximate surface area is 132 Å². The van der Waals surface area contributed by atoms with E-state index in [2.05, 4.69) is 15.4 Å². The second-order valence-corrected chi connectivity index (χ2v) is 5.06. The molecule has 0 bridgehead atoms. The lowest BCUT2D eigenvalue weighted by molar-refractivity contribution is -0.144. The average Bonchev–Trinajstić information content (AvgIpc) is 2.50. The smallest absolute Gasteiger partial charge is 0.416 e. The number of nitrogens with one attached hydrogen (secondary N) is 2. The number of urea groups is 1. The highest BCUT2D eigenvalue weighted by molar-refractivity contribution is 5.92. The molecule has 5 nitrogen and oxygen atoms in total. The Morgan fingerprint density at radius 3 is 2.48 bits per heavy atom. The van der Waals surface area contributed by atoms with Crippen molar-refractivity contribution in [2.45, 2.75) is 32.5 Å². The molecule has 8 heteroatoms. The van der Waals surface area contributed by atoms with Crippen molar-refractivity contribution in [3.8, 4) is 0 Å². The molecule has 128 valence electrons. The molecule has 0 aliphatic carbocycles. The molecule has 2 amide bonds. The van der Waals surface area contributed by atoms with Gasteiger partial charge in [0.15, 0.2) is 0 Å². The minimum atomic E-state index is -4.50. The summed E-state index contributed by atoms with van der Waals surface area (Å²) in [5.74, 6) is -0.798. The Bertz CT molecular complexity index is 561. The molecule has 0 aliphatic rings. The predicted octanol–water partition coefficient (Wildman–Crippen LogP) is 3.41. The fourth-order valence-electron chi connectivity index (χ4n) is 1.88. The number of carbonyl (C=O) groups excluding carboxylic acids is 2. The molecular weight excluding hydrogens is 313 g/mol. The van der Waals surface area contributed by atoms with Crippen LogP contribution in [0.25, 0.3) is 0 Å². The lowest BCUT2D eigenvalue weighted by Crippen LogP contribution is -2.47. The van der Waals surface area contributed by atoms with Crippen LogP contribution in [0.4, 0.5) is 23.7 Å². The quantitative estimate of drug-likeness (QED) is 0.812. The average molecular weight is 332 g/mol. The number of anilines is 1. The normalized spacial score (nSPS) is 13.8. The van der Waals surface area contributed by atoms with Gasteiger partial charge in [-0.15, -0.1) is 0 Å². The number of benzene rings is 1. The Morgan fingerprint density at radius 1 is 1.30 bits per heavy atom. The predicted molar refractivity (Wildman–Crippen MR) is 78.9 cm³/mol. The van der Waals surface area contributed by atoms with Gasteiger partial charge in [-0.1, -0.05) is 26.3 Å². The van der Waals surface area contributed by atoms with Crippen molar-refractivity contribution in [2.24, 2.45) is 5.92 Å². The van der Waals surface area contributed by atoms with Gasteiger partial charge in [-0.25, -0.2) is 9.59 Å². The summed E-state index contributed by atoms with van der Waals surface area (Å²) in [6.45, 7) is 3.60. The summed E-state index contributed by atoms with van der Waals surface area (Å²) in [5.41, 5.74) is -0.896. The van der Waals surface area contributed by atoms with Crippen LogP contribution in [0.1, 0.15) is 25.8 Å². The highest BCUT2D eigenvalue weighted by atomic mass is 19.4. The van der Waals surface area contributed by atoms with Gasteiger partial charge in [-0.05, 0) is 24.1 Å². The number of methoxy groups -OCH3 is 1. The summed E-state index contributed by atoms with van der Waals surface area (Å²) in [7, 11) is 1.20. The second kappa shape index (κ2) is 7.85. The van der Waals surface area contributed by atoms with Crippen molar-refractivity contribution in [3.05, 3.63) is 29.8 Å². The molecule has 0 saturated carbocycles. The fraction of sp³-hybridized carbons (Fsp3) is 0.467. The van der Waals surface area contributed by atoms with E-state index in [-0.39, 0.29) is 11.6 Å². The van der Waals surface area contributed by atoms with Gasteiger partial charge < -0.3 is 15.4 Å². The van der Waals surface area contributed by atoms with Crippen molar-refractivity contribution < 1.29 is 27.5 Å². The van der Waals surface area contributed by atoms with Crippen LogP contribution < -0.4 is 10.6 Å². The zero-order valence-electron chi connectivity index (χ0n) is 13.0. The molecule has 1 aromatic rings. The van der Waals surface area contributed by atoms with Gasteiger partial charge in [0.05, 0.1) is 12.7 Å². The molecule has 0 saturated heterocycles. The molecule has 0 spiro atoms. The summed E-state index contributed by atoms with van der Waals surface area (Å²) >= 11 is 0. The Morgan fingerprint density at radius 2 is 1.96 bits per heavy atom. The summed E-state index contributed by atoms with van der Waals surface area (Å²) in [6, 6.07) is 2.57. The van der Waals surface area contributed by atoms with E-state index in [1.807, 2.05) is 6.92 Å². The zero-order chi connectivity index (χ0) is 17.6. The van der Waals surface area contributed by atoms with Gasteiger partial charge >= 0.3 is 18.2 Å². The van der Waals surface area contributed by atoms with Crippen molar-refractivity contribution >= 4 is 17.7 Å². The number of amides is 2. The Kier molecular flexibility index (Phi) is 6.41. The van der Waals surface area contributed by atoms with Crippen molar-refractivity contribution in [1.82, 2.24) is 5.32 Å². The van der Waals surface area contributed by atoms with E-state index < -0.39 is 29.8 Å². The van der Waals surface area contributed by atoms with E-state index in [1.54, 1.807) is 6.92 Å². The van der Waals surface area contributed by atoms with Gasteiger partial charge in [0.25, 0.3) is 0 Å². The number of hydrogen-bond donors (Lipinski definition) is 2. The van der Waals surface area contributed by atoms with Gasteiger partial charge in [0.1, 0.15) is 6.04 Å². The standard InChI is InChI=1S/C15H19F3N2O3/c1-4-9(2)12(13(21)23-3)20-14(22)19-11-7-5-6-10(8-11)15(16,17)18/h5-9,12H,4H2,1-3H3,(H2,19,20,22)/t9?,12-/m0/s1. The summed E-state index contributed by atoms with van der Waals surface area (Å²) in [5, 5.41) is 4.70. The number of esters is 1. The SMILES string of the molecule is CCC(C)[C@H](NC(=O)Nc1cccc(C(F)(F)F)c1)C(=O)OC. The fourth-order valence-corrected chi connectivity index (χ4v) is 1.88. The van der Waals surface area contributed by atoms with Crippen LogP contribution in [0.5, 0.6) is 0 Å². The molecule has 2 atom stereocenters. The molecule has 0 heterocycles. The molecular formula is C15H19F3N2O3. The third-order valence-corrected chi connectivity index (χ3v) is 3.40. The van der Waals surface area contributed by atoms with E-state index in [0.717, 1.165) is 12.1 Å². The molecule has 1 rings (SSSR count). The molecule has 1 unspecified atom stereocenters. The Balaban J connectivity index is 2.81. The number of rotatable bonds is 5. The van der Waals surface area contributed by atoms with Crippen LogP contribution in [0.15, 0.2) is 24.3 Å². The first-order valence-electron chi connectivity index (χ1n) is 7.01. The van der Waals surface area contributed by atoms with E-state index >= 15 is 0 Å².